The van der Waals surface area contributed by atoms with Gasteiger partial charge >= 0.3 is 5.97 Å². The number of benzene rings is 1. The second-order valence-electron chi connectivity index (χ2n) is 3.38. The van der Waals surface area contributed by atoms with Crippen LogP contribution in [0.15, 0.2) is 30.5 Å². The highest BCUT2D eigenvalue weighted by Gasteiger charge is 2.12. The van der Waals surface area contributed by atoms with Gasteiger partial charge in [0.05, 0.1) is 12.1 Å². The molecular formula is C12H8Cl2N2O2. The number of carbonyl (C=O) groups excluding carboxylic acids is 1. The van der Waals surface area contributed by atoms with Crippen LogP contribution in [0.4, 0.5) is 0 Å². The summed E-state index contributed by atoms with van der Waals surface area (Å²) in [5.74, 6) is -0.177. The van der Waals surface area contributed by atoms with E-state index in [1.807, 2.05) is 0 Å². The molecule has 0 unspecified atom stereocenters. The van der Waals surface area contributed by atoms with Gasteiger partial charge in [0, 0.05) is 16.8 Å². The van der Waals surface area contributed by atoms with Gasteiger partial charge in [0.25, 0.3) is 0 Å². The van der Waals surface area contributed by atoms with Crippen molar-refractivity contribution in [2.24, 2.45) is 0 Å². The number of ether oxygens (including phenoxy) is 1. The van der Waals surface area contributed by atoms with Gasteiger partial charge in [-0.1, -0.05) is 23.2 Å². The van der Waals surface area contributed by atoms with Crippen LogP contribution in [0.3, 0.4) is 0 Å². The Morgan fingerprint density at radius 2 is 2.06 bits per heavy atom. The summed E-state index contributed by atoms with van der Waals surface area (Å²) >= 11 is 11.9. The van der Waals surface area contributed by atoms with Gasteiger partial charge in [-0.2, -0.15) is 0 Å². The van der Waals surface area contributed by atoms with Crippen molar-refractivity contribution in [1.82, 2.24) is 9.97 Å². The van der Waals surface area contributed by atoms with Crippen molar-refractivity contribution in [3.63, 3.8) is 0 Å². The molecule has 0 aliphatic heterocycles. The first-order valence-corrected chi connectivity index (χ1v) is 5.74. The summed E-state index contributed by atoms with van der Waals surface area (Å²) in [7, 11) is 1.29. The van der Waals surface area contributed by atoms with E-state index in [4.69, 9.17) is 23.2 Å². The molecule has 0 N–H and O–H groups in total. The fourth-order valence-electron chi connectivity index (χ4n) is 1.38. The van der Waals surface area contributed by atoms with Gasteiger partial charge in [0.1, 0.15) is 0 Å². The second kappa shape index (κ2) is 5.33. The van der Waals surface area contributed by atoms with E-state index in [9.17, 15) is 4.79 Å². The summed E-state index contributed by atoms with van der Waals surface area (Å²) in [5, 5.41) is 0.942. The predicted molar refractivity (Wildman–Crippen MR) is 68.8 cm³/mol. The van der Waals surface area contributed by atoms with Gasteiger partial charge in [0.15, 0.2) is 11.5 Å². The maximum absolute atomic E-state index is 11.4. The number of hydrogen-bond acceptors (Lipinski definition) is 4. The minimum absolute atomic E-state index is 0.175. The third-order valence-corrected chi connectivity index (χ3v) is 2.77. The molecule has 1 heterocycles. The van der Waals surface area contributed by atoms with E-state index in [2.05, 4.69) is 14.7 Å². The largest absolute Gasteiger partial charge is 0.464 e. The minimum atomic E-state index is -0.524. The molecule has 1 aromatic heterocycles. The van der Waals surface area contributed by atoms with Crippen LogP contribution >= 0.6 is 23.2 Å². The summed E-state index contributed by atoms with van der Waals surface area (Å²) < 4.78 is 4.59. The summed E-state index contributed by atoms with van der Waals surface area (Å²) in [4.78, 5) is 19.5. The predicted octanol–water partition coefficient (Wildman–Crippen LogP) is 3.24. The molecule has 0 spiro atoms. The number of rotatable bonds is 2. The van der Waals surface area contributed by atoms with Gasteiger partial charge < -0.3 is 4.74 Å². The number of halogens is 2. The number of nitrogens with zero attached hydrogens (tertiary/aromatic N) is 2. The molecule has 2 aromatic rings. The van der Waals surface area contributed by atoms with Crippen LogP contribution in [0.5, 0.6) is 0 Å². The van der Waals surface area contributed by atoms with Gasteiger partial charge in [-0.3, -0.25) is 0 Å². The van der Waals surface area contributed by atoms with E-state index in [1.165, 1.54) is 19.4 Å². The molecular weight excluding hydrogens is 275 g/mol. The van der Waals surface area contributed by atoms with Gasteiger partial charge in [-0.05, 0) is 24.3 Å². The highest BCUT2D eigenvalue weighted by atomic mass is 35.5. The molecule has 92 valence electrons. The van der Waals surface area contributed by atoms with Crippen molar-refractivity contribution in [2.45, 2.75) is 0 Å². The zero-order valence-corrected chi connectivity index (χ0v) is 10.9. The standard InChI is InChI=1S/C12H8Cl2N2O2/c1-18-12(17)10-4-5-15-11(16-10)8-3-2-7(13)6-9(8)14/h2-6H,1H3. The van der Waals surface area contributed by atoms with Crippen LogP contribution in [-0.2, 0) is 4.74 Å². The van der Waals surface area contributed by atoms with E-state index in [0.717, 1.165) is 0 Å². The fraction of sp³-hybridized carbons (Fsp3) is 0.0833. The van der Waals surface area contributed by atoms with Crippen molar-refractivity contribution in [2.75, 3.05) is 7.11 Å². The van der Waals surface area contributed by atoms with Crippen LogP contribution in [0.1, 0.15) is 10.5 Å². The lowest BCUT2D eigenvalue weighted by atomic mass is 10.2. The molecule has 0 atom stereocenters. The molecule has 0 radical (unpaired) electrons. The van der Waals surface area contributed by atoms with Crippen LogP contribution in [0, 0.1) is 0 Å². The van der Waals surface area contributed by atoms with Crippen LogP contribution < -0.4 is 0 Å². The van der Waals surface area contributed by atoms with E-state index in [1.54, 1.807) is 18.2 Å². The molecule has 6 heteroatoms. The average Bonchev–Trinajstić information content (AvgIpc) is 2.38. The Balaban J connectivity index is 2.48. The monoisotopic (exact) mass is 282 g/mol. The maximum Gasteiger partial charge on any atom is 0.356 e. The fourth-order valence-corrected chi connectivity index (χ4v) is 1.87. The van der Waals surface area contributed by atoms with Crippen molar-refractivity contribution in [3.8, 4) is 11.4 Å². The molecule has 0 fully saturated rings. The molecule has 0 saturated carbocycles. The molecule has 0 amide bonds. The van der Waals surface area contributed by atoms with Crippen LogP contribution in [0.25, 0.3) is 11.4 Å². The summed E-state index contributed by atoms with van der Waals surface area (Å²) in [6.45, 7) is 0. The Morgan fingerprint density at radius 1 is 1.28 bits per heavy atom. The van der Waals surface area contributed by atoms with E-state index < -0.39 is 5.97 Å². The van der Waals surface area contributed by atoms with Crippen molar-refractivity contribution < 1.29 is 9.53 Å². The molecule has 18 heavy (non-hydrogen) atoms. The highest BCUT2D eigenvalue weighted by molar-refractivity contribution is 6.36. The highest BCUT2D eigenvalue weighted by Crippen LogP contribution is 2.27. The van der Waals surface area contributed by atoms with Crippen LogP contribution in [-0.4, -0.2) is 23.0 Å². The molecule has 1 aromatic carbocycles. The number of esters is 1. The van der Waals surface area contributed by atoms with Crippen molar-refractivity contribution in [3.05, 3.63) is 46.2 Å². The Kier molecular flexibility index (Phi) is 3.79. The maximum atomic E-state index is 11.4. The lowest BCUT2D eigenvalue weighted by Gasteiger charge is -2.04. The van der Waals surface area contributed by atoms with E-state index in [0.29, 0.717) is 21.4 Å². The van der Waals surface area contributed by atoms with Crippen LogP contribution in [0.2, 0.25) is 10.0 Å². The number of carbonyl (C=O) groups is 1. The number of methoxy groups -OCH3 is 1. The smallest absolute Gasteiger partial charge is 0.356 e. The zero-order chi connectivity index (χ0) is 13.1. The lowest BCUT2D eigenvalue weighted by molar-refractivity contribution is 0.0594. The normalized spacial score (nSPS) is 10.2. The van der Waals surface area contributed by atoms with E-state index >= 15 is 0 Å². The van der Waals surface area contributed by atoms with E-state index in [-0.39, 0.29) is 5.69 Å². The molecule has 4 nitrogen and oxygen atoms in total. The number of aromatic nitrogens is 2. The summed E-state index contributed by atoms with van der Waals surface area (Å²) in [5.41, 5.74) is 0.778. The van der Waals surface area contributed by atoms with Gasteiger partial charge in [-0.25, -0.2) is 14.8 Å². The third-order valence-electron chi connectivity index (χ3n) is 2.22. The first-order chi connectivity index (χ1) is 8.61. The van der Waals surface area contributed by atoms with Crippen molar-refractivity contribution >= 4 is 29.2 Å². The SMILES string of the molecule is COC(=O)c1ccnc(-c2ccc(Cl)cc2Cl)n1. The number of hydrogen-bond donors (Lipinski definition) is 0. The molecule has 0 aliphatic carbocycles. The summed E-state index contributed by atoms with van der Waals surface area (Å²) in [6, 6.07) is 6.43. The topological polar surface area (TPSA) is 52.1 Å². The molecule has 0 bridgehead atoms. The van der Waals surface area contributed by atoms with Gasteiger partial charge in [-0.15, -0.1) is 0 Å². The minimum Gasteiger partial charge on any atom is -0.464 e. The first-order valence-electron chi connectivity index (χ1n) is 4.98. The Bertz CT molecular complexity index is 602. The average molecular weight is 283 g/mol. The first kappa shape index (κ1) is 12.8. The molecule has 2 rings (SSSR count). The third kappa shape index (κ3) is 2.60. The van der Waals surface area contributed by atoms with Crippen molar-refractivity contribution in [1.29, 1.82) is 0 Å². The zero-order valence-electron chi connectivity index (χ0n) is 9.35. The lowest BCUT2D eigenvalue weighted by Crippen LogP contribution is -2.05. The second-order valence-corrected chi connectivity index (χ2v) is 4.22. The molecule has 0 saturated heterocycles. The quantitative estimate of drug-likeness (QED) is 0.794. The summed E-state index contributed by atoms with van der Waals surface area (Å²) in [6.07, 6.45) is 1.47. The Morgan fingerprint density at radius 3 is 2.72 bits per heavy atom. The molecule has 0 aliphatic rings. The Hall–Kier alpha value is -1.65. The Labute approximate surface area is 114 Å². The van der Waals surface area contributed by atoms with Gasteiger partial charge in [0.2, 0.25) is 0 Å².